The van der Waals surface area contributed by atoms with Crippen molar-refractivity contribution in [1.29, 1.82) is 0 Å². The highest BCUT2D eigenvalue weighted by Gasteiger charge is 2.09. The first kappa shape index (κ1) is 11.6. The Hall–Kier alpha value is -1.88. The lowest BCUT2D eigenvalue weighted by atomic mass is 10.2. The van der Waals surface area contributed by atoms with E-state index in [1.54, 1.807) is 18.3 Å². The van der Waals surface area contributed by atoms with E-state index in [4.69, 9.17) is 0 Å². The highest BCUT2D eigenvalue weighted by molar-refractivity contribution is 7.09. The van der Waals surface area contributed by atoms with Crippen molar-refractivity contribution in [2.75, 3.05) is 0 Å². The summed E-state index contributed by atoms with van der Waals surface area (Å²) in [5.74, 6) is -0.348. The van der Waals surface area contributed by atoms with Crippen LogP contribution in [0.1, 0.15) is 20.9 Å². The summed E-state index contributed by atoms with van der Waals surface area (Å²) in [5.41, 5.74) is 0.627. The minimum atomic E-state index is -0.348. The zero-order valence-corrected chi connectivity index (χ0v) is 10.1. The summed E-state index contributed by atoms with van der Waals surface area (Å²) >= 11 is 1.57. The number of rotatable bonds is 3. The van der Waals surface area contributed by atoms with Gasteiger partial charge in [0.15, 0.2) is 5.43 Å². The highest BCUT2D eigenvalue weighted by atomic mass is 32.1. The molecule has 0 fully saturated rings. The number of hydrogen-bond acceptors (Lipinski definition) is 3. The minimum absolute atomic E-state index is 0.146. The van der Waals surface area contributed by atoms with Gasteiger partial charge in [-0.2, -0.15) is 0 Å². The first-order chi connectivity index (χ1) is 8.16. The number of pyridine rings is 1. The van der Waals surface area contributed by atoms with E-state index in [-0.39, 0.29) is 16.9 Å². The summed E-state index contributed by atoms with van der Waals surface area (Å²) in [4.78, 5) is 27.2. The summed E-state index contributed by atoms with van der Waals surface area (Å²) in [6.07, 6.45) is 1.45. The molecule has 0 spiro atoms. The molecule has 0 aliphatic rings. The number of thiophene rings is 1. The maximum Gasteiger partial charge on any atom is 0.257 e. The standard InChI is InChI=1S/C12H12N2O2S/c1-8-5-11(15)10(7-13-8)12(16)14-6-9-3-2-4-17-9/h2-5,7H,6H2,1H3,(H,13,15)(H,14,16). The molecule has 4 nitrogen and oxygen atoms in total. The fraction of sp³-hybridized carbons (Fsp3) is 0.167. The van der Waals surface area contributed by atoms with Gasteiger partial charge in [0.05, 0.1) is 6.54 Å². The fourth-order valence-corrected chi connectivity index (χ4v) is 2.07. The predicted molar refractivity (Wildman–Crippen MR) is 67.3 cm³/mol. The van der Waals surface area contributed by atoms with Crippen molar-refractivity contribution < 1.29 is 4.79 Å². The van der Waals surface area contributed by atoms with Crippen LogP contribution < -0.4 is 10.7 Å². The third-order valence-electron chi connectivity index (χ3n) is 2.31. The summed E-state index contributed by atoms with van der Waals surface area (Å²) < 4.78 is 0. The van der Waals surface area contributed by atoms with Crippen LogP contribution in [0.15, 0.2) is 34.6 Å². The molecule has 2 aromatic rings. The van der Waals surface area contributed by atoms with Gasteiger partial charge in [0.25, 0.3) is 5.91 Å². The van der Waals surface area contributed by atoms with E-state index in [9.17, 15) is 9.59 Å². The summed E-state index contributed by atoms with van der Waals surface area (Å²) in [6.45, 7) is 2.22. The molecule has 2 aromatic heterocycles. The van der Waals surface area contributed by atoms with E-state index < -0.39 is 0 Å². The molecule has 0 radical (unpaired) electrons. The Labute approximate surface area is 102 Å². The van der Waals surface area contributed by atoms with Crippen molar-refractivity contribution in [3.8, 4) is 0 Å². The molecule has 0 saturated carbocycles. The lowest BCUT2D eigenvalue weighted by Crippen LogP contribution is -2.28. The Morgan fingerprint density at radius 3 is 3.00 bits per heavy atom. The van der Waals surface area contributed by atoms with Crippen molar-refractivity contribution in [2.45, 2.75) is 13.5 Å². The number of carbonyl (C=O) groups excluding carboxylic acids is 1. The van der Waals surface area contributed by atoms with Crippen LogP contribution in [0.4, 0.5) is 0 Å². The molecule has 17 heavy (non-hydrogen) atoms. The molecule has 0 unspecified atom stereocenters. The first-order valence-electron chi connectivity index (χ1n) is 5.17. The Kier molecular flexibility index (Phi) is 3.39. The number of hydrogen-bond donors (Lipinski definition) is 2. The van der Waals surface area contributed by atoms with Gasteiger partial charge in [-0.05, 0) is 18.4 Å². The Bertz CT molecular complexity index is 572. The molecule has 2 rings (SSSR count). The third-order valence-corrected chi connectivity index (χ3v) is 3.18. The summed E-state index contributed by atoms with van der Waals surface area (Å²) in [6, 6.07) is 5.27. The average Bonchev–Trinajstić information content (AvgIpc) is 2.78. The zero-order chi connectivity index (χ0) is 12.3. The third kappa shape index (κ3) is 2.82. The van der Waals surface area contributed by atoms with Gasteiger partial charge in [0.2, 0.25) is 0 Å². The molecule has 0 aliphatic heterocycles. The van der Waals surface area contributed by atoms with E-state index in [1.807, 2.05) is 17.5 Å². The zero-order valence-electron chi connectivity index (χ0n) is 9.32. The van der Waals surface area contributed by atoms with E-state index in [0.29, 0.717) is 6.54 Å². The van der Waals surface area contributed by atoms with Gasteiger partial charge < -0.3 is 10.3 Å². The van der Waals surface area contributed by atoms with Crippen LogP contribution in [0, 0.1) is 6.92 Å². The first-order valence-corrected chi connectivity index (χ1v) is 6.04. The van der Waals surface area contributed by atoms with E-state index >= 15 is 0 Å². The van der Waals surface area contributed by atoms with Crippen LogP contribution in [0.3, 0.4) is 0 Å². The van der Waals surface area contributed by atoms with Crippen LogP contribution >= 0.6 is 11.3 Å². The van der Waals surface area contributed by atoms with E-state index in [0.717, 1.165) is 10.6 Å². The largest absolute Gasteiger partial charge is 0.364 e. The number of amides is 1. The molecular weight excluding hydrogens is 236 g/mol. The summed E-state index contributed by atoms with van der Waals surface area (Å²) in [5, 5.41) is 4.66. The van der Waals surface area contributed by atoms with Gasteiger partial charge in [0, 0.05) is 22.8 Å². The van der Waals surface area contributed by atoms with Crippen LogP contribution in [0.2, 0.25) is 0 Å². The number of H-pyrrole nitrogens is 1. The number of aromatic amines is 1. The van der Waals surface area contributed by atoms with Crippen molar-refractivity contribution in [3.05, 3.63) is 56.1 Å². The Balaban J connectivity index is 2.07. The monoisotopic (exact) mass is 248 g/mol. The van der Waals surface area contributed by atoms with Crippen molar-refractivity contribution >= 4 is 17.2 Å². The number of aromatic nitrogens is 1. The van der Waals surface area contributed by atoms with Gasteiger partial charge in [0.1, 0.15) is 5.56 Å². The number of nitrogens with one attached hydrogen (secondary N) is 2. The topological polar surface area (TPSA) is 62.0 Å². The molecule has 0 aromatic carbocycles. The second kappa shape index (κ2) is 4.97. The van der Waals surface area contributed by atoms with Gasteiger partial charge in [-0.1, -0.05) is 6.07 Å². The molecule has 0 saturated heterocycles. The quantitative estimate of drug-likeness (QED) is 0.868. The SMILES string of the molecule is Cc1cc(=O)c(C(=O)NCc2cccs2)c[nH]1. The molecular formula is C12H12N2O2S. The van der Waals surface area contributed by atoms with E-state index in [2.05, 4.69) is 10.3 Å². The molecule has 2 heterocycles. The van der Waals surface area contributed by atoms with Crippen molar-refractivity contribution in [1.82, 2.24) is 10.3 Å². The molecule has 5 heteroatoms. The van der Waals surface area contributed by atoms with Crippen molar-refractivity contribution in [3.63, 3.8) is 0 Å². The molecule has 0 bridgehead atoms. The van der Waals surface area contributed by atoms with Crippen LogP contribution in [-0.2, 0) is 6.54 Å². The van der Waals surface area contributed by atoms with Crippen LogP contribution in [0.25, 0.3) is 0 Å². The predicted octanol–water partition coefficient (Wildman–Crippen LogP) is 1.67. The molecule has 1 amide bonds. The molecule has 0 atom stereocenters. The Morgan fingerprint density at radius 1 is 1.53 bits per heavy atom. The van der Waals surface area contributed by atoms with Crippen LogP contribution in [-0.4, -0.2) is 10.9 Å². The fourth-order valence-electron chi connectivity index (χ4n) is 1.43. The Morgan fingerprint density at radius 2 is 2.35 bits per heavy atom. The average molecular weight is 248 g/mol. The van der Waals surface area contributed by atoms with Gasteiger partial charge >= 0.3 is 0 Å². The lowest BCUT2D eigenvalue weighted by Gasteiger charge is -2.03. The molecule has 88 valence electrons. The van der Waals surface area contributed by atoms with Crippen molar-refractivity contribution in [2.24, 2.45) is 0 Å². The number of carbonyl (C=O) groups is 1. The van der Waals surface area contributed by atoms with Crippen LogP contribution in [0.5, 0.6) is 0 Å². The smallest absolute Gasteiger partial charge is 0.257 e. The number of aryl methyl sites for hydroxylation is 1. The maximum absolute atomic E-state index is 11.7. The highest BCUT2D eigenvalue weighted by Crippen LogP contribution is 2.07. The van der Waals surface area contributed by atoms with Gasteiger partial charge in [-0.25, -0.2) is 0 Å². The van der Waals surface area contributed by atoms with Gasteiger partial charge in [-0.15, -0.1) is 11.3 Å². The maximum atomic E-state index is 11.7. The van der Waals surface area contributed by atoms with E-state index in [1.165, 1.54) is 12.3 Å². The lowest BCUT2D eigenvalue weighted by molar-refractivity contribution is 0.0950. The summed E-state index contributed by atoms with van der Waals surface area (Å²) in [7, 11) is 0. The van der Waals surface area contributed by atoms with Gasteiger partial charge in [-0.3, -0.25) is 9.59 Å². The molecule has 0 aliphatic carbocycles. The minimum Gasteiger partial charge on any atom is -0.364 e. The second-order valence-corrected chi connectivity index (χ2v) is 4.69. The molecule has 2 N–H and O–H groups in total. The second-order valence-electron chi connectivity index (χ2n) is 3.66. The normalized spacial score (nSPS) is 10.2.